The second-order valence-electron chi connectivity index (χ2n) is 9.47. The van der Waals surface area contributed by atoms with Crippen LogP contribution in [0.1, 0.15) is 40.2 Å². The first kappa shape index (κ1) is 22.7. The Hall–Kier alpha value is -1.98. The summed E-state index contributed by atoms with van der Waals surface area (Å²) in [5.41, 5.74) is 3.16. The molecular weight excluding hydrogens is 375 g/mol. The average Bonchev–Trinajstić information content (AvgIpc) is 2.93. The summed E-state index contributed by atoms with van der Waals surface area (Å²) in [7, 11) is 1.66. The summed E-state index contributed by atoms with van der Waals surface area (Å²) in [6.45, 7) is 13.5. The molecule has 1 aliphatic heterocycles. The quantitative estimate of drug-likeness (QED) is 0.299. The van der Waals surface area contributed by atoms with E-state index in [2.05, 4.69) is 45.9 Å². The highest BCUT2D eigenvalue weighted by atomic mass is 16.7. The Balaban J connectivity index is 1.82. The predicted octanol–water partition coefficient (Wildman–Crippen LogP) is 5.77. The Labute approximate surface area is 182 Å². The molecule has 0 N–H and O–H groups in total. The van der Waals surface area contributed by atoms with Gasteiger partial charge in [0.15, 0.2) is 6.71 Å². The van der Waals surface area contributed by atoms with Crippen molar-refractivity contribution < 1.29 is 18.9 Å². The maximum Gasteiger partial charge on any atom is 0.177 e. The Morgan fingerprint density at radius 1 is 0.833 bits per heavy atom. The van der Waals surface area contributed by atoms with Crippen LogP contribution in [0.4, 0.5) is 0 Å². The van der Waals surface area contributed by atoms with Gasteiger partial charge in [0.05, 0.1) is 13.7 Å². The van der Waals surface area contributed by atoms with Gasteiger partial charge >= 0.3 is 0 Å². The van der Waals surface area contributed by atoms with E-state index in [0.717, 1.165) is 17.2 Å². The molecule has 0 aromatic heterocycles. The molecule has 5 heteroatoms. The maximum absolute atomic E-state index is 6.10. The zero-order valence-corrected chi connectivity index (χ0v) is 19.3. The van der Waals surface area contributed by atoms with E-state index in [1.54, 1.807) is 7.11 Å². The summed E-state index contributed by atoms with van der Waals surface area (Å²) < 4.78 is 22.5. The van der Waals surface area contributed by atoms with Crippen molar-refractivity contribution in [1.82, 2.24) is 0 Å². The summed E-state index contributed by atoms with van der Waals surface area (Å²) in [4.78, 5) is 0. The lowest BCUT2D eigenvalue weighted by Crippen LogP contribution is -2.31. The molecule has 162 valence electrons. The van der Waals surface area contributed by atoms with Gasteiger partial charge in [-0.05, 0) is 59.7 Å². The fraction of sp³-hybridized carbons (Fsp3) is 0.520. The van der Waals surface area contributed by atoms with Crippen LogP contribution in [-0.4, -0.2) is 27.2 Å². The number of benzene rings is 2. The minimum Gasteiger partial charge on any atom is -0.497 e. The van der Waals surface area contributed by atoms with Gasteiger partial charge in [-0.1, -0.05) is 51.9 Å². The van der Waals surface area contributed by atoms with Gasteiger partial charge in [0.2, 0.25) is 0 Å². The third kappa shape index (κ3) is 5.19. The molecule has 0 saturated carbocycles. The van der Waals surface area contributed by atoms with Crippen LogP contribution in [0, 0.1) is 10.8 Å². The SMILES string of the molecule is CCOCOCc1cc(Oc2ccc(OC)cc2)ccc1B1CC(C)(C)C(C)(C)C1. The third-order valence-electron chi connectivity index (χ3n) is 6.82. The van der Waals surface area contributed by atoms with E-state index in [1.165, 1.54) is 23.7 Å². The standard InChI is InChI=1S/C25H35BO4/c1-7-28-18-29-15-19-14-22(30-21-10-8-20(27-6)9-11-21)12-13-23(19)26-16-24(2,3)25(4,5)17-26/h8-14H,7,15-18H2,1-6H3. The van der Waals surface area contributed by atoms with Gasteiger partial charge in [0.1, 0.15) is 24.0 Å². The molecule has 0 amide bonds. The fourth-order valence-corrected chi connectivity index (χ4v) is 4.32. The molecule has 1 aliphatic rings. The van der Waals surface area contributed by atoms with Crippen molar-refractivity contribution in [2.75, 3.05) is 20.5 Å². The van der Waals surface area contributed by atoms with E-state index in [-0.39, 0.29) is 0 Å². The molecule has 0 aliphatic carbocycles. The van der Waals surface area contributed by atoms with Crippen molar-refractivity contribution in [2.45, 2.75) is 53.9 Å². The van der Waals surface area contributed by atoms with E-state index in [4.69, 9.17) is 18.9 Å². The average molecular weight is 410 g/mol. The first-order chi connectivity index (χ1) is 14.3. The van der Waals surface area contributed by atoms with Crippen LogP contribution < -0.4 is 14.9 Å². The van der Waals surface area contributed by atoms with Gasteiger partial charge in [-0.25, -0.2) is 0 Å². The van der Waals surface area contributed by atoms with Crippen molar-refractivity contribution in [3.8, 4) is 17.2 Å². The van der Waals surface area contributed by atoms with Gasteiger partial charge < -0.3 is 18.9 Å². The molecule has 4 nitrogen and oxygen atoms in total. The molecule has 1 fully saturated rings. The Morgan fingerprint density at radius 2 is 1.43 bits per heavy atom. The minimum atomic E-state index is 0.305. The molecule has 3 rings (SSSR count). The van der Waals surface area contributed by atoms with Crippen LogP contribution in [0.25, 0.3) is 0 Å². The first-order valence-corrected chi connectivity index (χ1v) is 10.9. The maximum atomic E-state index is 6.10. The molecule has 1 heterocycles. The monoisotopic (exact) mass is 410 g/mol. The molecule has 0 radical (unpaired) electrons. The Bertz CT molecular complexity index is 814. The fourth-order valence-electron chi connectivity index (χ4n) is 4.32. The largest absolute Gasteiger partial charge is 0.497 e. The van der Waals surface area contributed by atoms with Crippen LogP contribution in [0.5, 0.6) is 17.2 Å². The van der Waals surface area contributed by atoms with E-state index >= 15 is 0 Å². The van der Waals surface area contributed by atoms with E-state index < -0.39 is 0 Å². The van der Waals surface area contributed by atoms with Crippen molar-refractivity contribution in [2.24, 2.45) is 10.8 Å². The molecule has 0 atom stereocenters. The smallest absolute Gasteiger partial charge is 0.177 e. The number of hydrogen-bond donors (Lipinski definition) is 0. The van der Waals surface area contributed by atoms with E-state index in [0.29, 0.717) is 37.5 Å². The van der Waals surface area contributed by atoms with Gasteiger partial charge in [-0.2, -0.15) is 0 Å². The van der Waals surface area contributed by atoms with E-state index in [9.17, 15) is 0 Å². The molecule has 0 bridgehead atoms. The zero-order chi connectivity index (χ0) is 21.8. The van der Waals surface area contributed by atoms with Crippen molar-refractivity contribution in [3.05, 3.63) is 48.0 Å². The summed E-state index contributed by atoms with van der Waals surface area (Å²) in [6, 6.07) is 14.0. The van der Waals surface area contributed by atoms with Gasteiger partial charge in [-0.15, -0.1) is 0 Å². The summed E-state index contributed by atoms with van der Waals surface area (Å²) in [5, 5.41) is 0. The lowest BCUT2D eigenvalue weighted by molar-refractivity contribution is -0.0569. The predicted molar refractivity (Wildman–Crippen MR) is 123 cm³/mol. The van der Waals surface area contributed by atoms with Crippen LogP contribution in [-0.2, 0) is 16.1 Å². The second kappa shape index (κ2) is 9.44. The van der Waals surface area contributed by atoms with Gasteiger partial charge in [0.25, 0.3) is 0 Å². The molecule has 2 aromatic carbocycles. The van der Waals surface area contributed by atoms with Crippen molar-refractivity contribution in [1.29, 1.82) is 0 Å². The normalized spacial score (nSPS) is 17.2. The van der Waals surface area contributed by atoms with Crippen LogP contribution in [0.3, 0.4) is 0 Å². The highest BCUT2D eigenvalue weighted by Crippen LogP contribution is 2.52. The minimum absolute atomic E-state index is 0.305. The highest BCUT2D eigenvalue weighted by molar-refractivity contribution is 6.74. The Kier molecular flexibility index (Phi) is 7.15. The number of rotatable bonds is 9. The molecular formula is C25H35BO4. The molecule has 0 spiro atoms. The van der Waals surface area contributed by atoms with Crippen molar-refractivity contribution >= 4 is 12.2 Å². The van der Waals surface area contributed by atoms with Gasteiger partial charge in [0, 0.05) is 6.61 Å². The number of ether oxygens (including phenoxy) is 4. The van der Waals surface area contributed by atoms with Crippen molar-refractivity contribution in [3.63, 3.8) is 0 Å². The lowest BCUT2D eigenvalue weighted by Gasteiger charge is -2.35. The van der Waals surface area contributed by atoms with Gasteiger partial charge in [-0.3, -0.25) is 0 Å². The third-order valence-corrected chi connectivity index (χ3v) is 6.82. The number of hydrogen-bond acceptors (Lipinski definition) is 4. The van der Waals surface area contributed by atoms with Crippen LogP contribution in [0.15, 0.2) is 42.5 Å². The van der Waals surface area contributed by atoms with E-state index in [1.807, 2.05) is 31.2 Å². The second-order valence-corrected chi connectivity index (χ2v) is 9.47. The first-order valence-electron chi connectivity index (χ1n) is 10.9. The summed E-state index contributed by atoms with van der Waals surface area (Å²) >= 11 is 0. The Morgan fingerprint density at radius 3 is 2.03 bits per heavy atom. The summed E-state index contributed by atoms with van der Waals surface area (Å²) in [5.74, 6) is 2.41. The number of methoxy groups -OCH3 is 1. The molecule has 2 aromatic rings. The highest BCUT2D eigenvalue weighted by Gasteiger charge is 2.48. The lowest BCUT2D eigenvalue weighted by atomic mass is 9.41. The zero-order valence-electron chi connectivity index (χ0n) is 19.3. The summed E-state index contributed by atoms with van der Waals surface area (Å²) in [6.07, 6.45) is 2.36. The molecule has 1 saturated heterocycles. The molecule has 30 heavy (non-hydrogen) atoms. The van der Waals surface area contributed by atoms with Crippen LogP contribution >= 0.6 is 0 Å². The topological polar surface area (TPSA) is 36.9 Å². The molecule has 0 unspecified atom stereocenters. The van der Waals surface area contributed by atoms with Crippen LogP contribution in [0.2, 0.25) is 12.6 Å².